The van der Waals surface area contributed by atoms with Crippen LogP contribution in [-0.2, 0) is 28.5 Å². The minimum atomic E-state index is -0.635. The second kappa shape index (κ2) is 9.18. The fourth-order valence-corrected chi connectivity index (χ4v) is 4.36. The number of esters is 1. The van der Waals surface area contributed by atoms with Crippen LogP contribution in [0.1, 0.15) is 41.5 Å². The highest BCUT2D eigenvalue weighted by Crippen LogP contribution is 2.35. The summed E-state index contributed by atoms with van der Waals surface area (Å²) in [5.41, 5.74) is 0. The van der Waals surface area contributed by atoms with Gasteiger partial charge in [-0.25, -0.2) is 0 Å². The summed E-state index contributed by atoms with van der Waals surface area (Å²) in [5.74, 6) is -0.0292. The van der Waals surface area contributed by atoms with E-state index in [2.05, 4.69) is 32.8 Å². The first-order chi connectivity index (χ1) is 12.6. The van der Waals surface area contributed by atoms with Crippen molar-refractivity contribution in [2.45, 2.75) is 90.5 Å². The van der Waals surface area contributed by atoms with E-state index in [1.165, 1.54) is 6.92 Å². The lowest BCUT2D eigenvalue weighted by Gasteiger charge is -2.50. The fraction of sp³-hybridized carbons (Fsp3) is 0.950. The first-order valence-corrected chi connectivity index (χ1v) is 9.91. The molecule has 158 valence electrons. The molecule has 2 heterocycles. The van der Waals surface area contributed by atoms with Crippen molar-refractivity contribution in [3.8, 4) is 0 Å². The van der Waals surface area contributed by atoms with Crippen LogP contribution in [-0.4, -0.2) is 81.0 Å². The average Bonchev–Trinajstić information content (AvgIpc) is 2.56. The Kier molecular flexibility index (Phi) is 7.67. The van der Waals surface area contributed by atoms with E-state index in [0.717, 1.165) is 0 Å². The summed E-state index contributed by atoms with van der Waals surface area (Å²) in [6.45, 7) is 11.7. The summed E-state index contributed by atoms with van der Waals surface area (Å²) < 4.78 is 30.0. The lowest BCUT2D eigenvalue weighted by molar-refractivity contribution is -0.321. The van der Waals surface area contributed by atoms with Gasteiger partial charge in [-0.2, -0.15) is 0 Å². The first-order valence-electron chi connectivity index (χ1n) is 9.91. The van der Waals surface area contributed by atoms with Gasteiger partial charge in [-0.05, 0) is 34.9 Å². The second-order valence-corrected chi connectivity index (χ2v) is 8.30. The van der Waals surface area contributed by atoms with Gasteiger partial charge in [0.1, 0.15) is 18.3 Å². The van der Waals surface area contributed by atoms with Crippen LogP contribution >= 0.6 is 0 Å². The van der Waals surface area contributed by atoms with Crippen LogP contribution in [0.2, 0.25) is 0 Å². The number of methoxy groups -OCH3 is 1. The van der Waals surface area contributed by atoms with Gasteiger partial charge in [-0.3, -0.25) is 4.79 Å². The molecule has 0 amide bonds. The molecule has 0 aromatic carbocycles. The number of hydrogen-bond acceptors (Lipinski definition) is 7. The Labute approximate surface area is 163 Å². The van der Waals surface area contributed by atoms with Gasteiger partial charge >= 0.3 is 5.97 Å². The van der Waals surface area contributed by atoms with Crippen molar-refractivity contribution < 1.29 is 28.5 Å². The van der Waals surface area contributed by atoms with Crippen molar-refractivity contribution in [3.63, 3.8) is 0 Å². The molecule has 0 aliphatic carbocycles. The molecule has 2 fully saturated rings. The highest BCUT2D eigenvalue weighted by molar-refractivity contribution is 5.66. The van der Waals surface area contributed by atoms with Crippen LogP contribution in [0.3, 0.4) is 0 Å². The van der Waals surface area contributed by atoms with E-state index in [4.69, 9.17) is 23.7 Å². The molecule has 2 rings (SSSR count). The molecule has 0 bridgehead atoms. The van der Waals surface area contributed by atoms with Crippen molar-refractivity contribution in [3.05, 3.63) is 0 Å². The molecule has 0 saturated carbocycles. The number of carbonyl (C=O) groups is 1. The van der Waals surface area contributed by atoms with E-state index in [-0.39, 0.29) is 42.3 Å². The largest absolute Gasteiger partial charge is 0.459 e. The number of likely N-dealkylation sites (N-methyl/N-ethyl adjacent to an activating group) is 1. The summed E-state index contributed by atoms with van der Waals surface area (Å²) in [7, 11) is 5.72. The molecule has 2 aliphatic rings. The molecule has 2 aliphatic heterocycles. The van der Waals surface area contributed by atoms with Crippen LogP contribution in [0.5, 0.6) is 0 Å². The maximum atomic E-state index is 11.6. The quantitative estimate of drug-likeness (QED) is 0.669. The normalized spacial score (nSPS) is 45.7. The highest BCUT2D eigenvalue weighted by atomic mass is 16.7. The van der Waals surface area contributed by atoms with Crippen molar-refractivity contribution in [2.24, 2.45) is 11.8 Å². The van der Waals surface area contributed by atoms with Gasteiger partial charge in [-0.15, -0.1) is 0 Å². The topological polar surface area (TPSA) is 66.5 Å². The van der Waals surface area contributed by atoms with Gasteiger partial charge in [0.05, 0.1) is 18.3 Å². The number of rotatable bonds is 5. The van der Waals surface area contributed by atoms with Crippen molar-refractivity contribution in [1.29, 1.82) is 0 Å². The highest BCUT2D eigenvalue weighted by Gasteiger charge is 2.49. The van der Waals surface area contributed by atoms with Gasteiger partial charge in [0.15, 0.2) is 6.29 Å². The summed E-state index contributed by atoms with van der Waals surface area (Å²) in [5, 5.41) is 0. The van der Waals surface area contributed by atoms with Crippen molar-refractivity contribution in [1.82, 2.24) is 4.90 Å². The van der Waals surface area contributed by atoms with Crippen LogP contribution < -0.4 is 0 Å². The van der Waals surface area contributed by atoms with Crippen LogP contribution in [0.15, 0.2) is 0 Å². The lowest BCUT2D eigenvalue weighted by Crippen LogP contribution is -2.62. The SMILES string of the molecule is CO[C@H]1[C@H](O[C@H]2[C@H](N(C)C)[C@@H](C)C(C)O[C@@H]2C)O[C@H](C)[C@@H](C)[C@@H]1OC(C)=O. The van der Waals surface area contributed by atoms with Gasteiger partial charge in [-0.1, -0.05) is 13.8 Å². The fourth-order valence-electron chi connectivity index (χ4n) is 4.36. The Bertz CT molecular complexity index is 501. The molecule has 7 heteroatoms. The van der Waals surface area contributed by atoms with E-state index < -0.39 is 18.5 Å². The average molecular weight is 388 g/mol. The zero-order valence-corrected chi connectivity index (χ0v) is 18.2. The van der Waals surface area contributed by atoms with E-state index >= 15 is 0 Å². The molecule has 0 aromatic heterocycles. The molecule has 0 radical (unpaired) electrons. The number of carbonyl (C=O) groups excluding carboxylic acids is 1. The van der Waals surface area contributed by atoms with Crippen molar-refractivity contribution >= 4 is 5.97 Å². The van der Waals surface area contributed by atoms with Crippen LogP contribution in [0.4, 0.5) is 0 Å². The maximum absolute atomic E-state index is 11.6. The molecule has 0 spiro atoms. The Balaban J connectivity index is 2.25. The third-order valence-corrected chi connectivity index (χ3v) is 6.17. The third-order valence-electron chi connectivity index (χ3n) is 6.17. The zero-order chi connectivity index (χ0) is 20.5. The lowest BCUT2D eigenvalue weighted by atomic mass is 9.85. The molecule has 7 nitrogen and oxygen atoms in total. The Hall–Kier alpha value is -0.730. The minimum Gasteiger partial charge on any atom is -0.459 e. The first kappa shape index (κ1) is 22.6. The van der Waals surface area contributed by atoms with Crippen molar-refractivity contribution in [2.75, 3.05) is 21.2 Å². The van der Waals surface area contributed by atoms with Crippen LogP contribution in [0, 0.1) is 11.8 Å². The van der Waals surface area contributed by atoms with E-state index in [1.54, 1.807) is 7.11 Å². The van der Waals surface area contributed by atoms with Gasteiger partial charge in [0, 0.05) is 31.9 Å². The Morgan fingerprint density at radius 1 is 0.852 bits per heavy atom. The zero-order valence-electron chi connectivity index (χ0n) is 18.2. The van der Waals surface area contributed by atoms with Gasteiger partial charge < -0.3 is 28.6 Å². The molecule has 27 heavy (non-hydrogen) atoms. The molecule has 2 saturated heterocycles. The molecule has 0 aromatic rings. The molecular formula is C20H37NO6. The Morgan fingerprint density at radius 3 is 1.96 bits per heavy atom. The monoisotopic (exact) mass is 387 g/mol. The summed E-state index contributed by atoms with van der Waals surface area (Å²) >= 11 is 0. The Morgan fingerprint density at radius 2 is 1.44 bits per heavy atom. The smallest absolute Gasteiger partial charge is 0.303 e. The van der Waals surface area contributed by atoms with Gasteiger partial charge in [0.25, 0.3) is 0 Å². The maximum Gasteiger partial charge on any atom is 0.303 e. The van der Waals surface area contributed by atoms with Gasteiger partial charge in [0.2, 0.25) is 0 Å². The summed E-state index contributed by atoms with van der Waals surface area (Å²) in [4.78, 5) is 13.8. The molecule has 0 N–H and O–H groups in total. The standard InChI is InChI=1S/C20H37NO6/c1-10-12(3)24-14(5)18(16(10)21(7)8)27-20-19(23-9)17(26-15(6)22)11(2)13(4)25-20/h10-14,16-20H,1-9H3/t10-,11+,12?,13+,14+,16+,17-,18+,19+,20-/m0/s1. The molecular weight excluding hydrogens is 350 g/mol. The number of hydrogen-bond donors (Lipinski definition) is 0. The second-order valence-electron chi connectivity index (χ2n) is 8.30. The summed E-state index contributed by atoms with van der Waals surface area (Å²) in [6, 6.07) is 0.173. The van der Waals surface area contributed by atoms with E-state index in [1.807, 2.05) is 20.8 Å². The third kappa shape index (κ3) is 4.82. The predicted octanol–water partition coefficient (Wildman–Crippen LogP) is 2.07. The minimum absolute atomic E-state index is 0.00215. The van der Waals surface area contributed by atoms with E-state index in [0.29, 0.717) is 5.92 Å². The van der Waals surface area contributed by atoms with E-state index in [9.17, 15) is 4.79 Å². The number of nitrogens with zero attached hydrogens (tertiary/aromatic N) is 1. The molecule has 1 unspecified atom stereocenters. The molecule has 10 atom stereocenters. The predicted molar refractivity (Wildman–Crippen MR) is 101 cm³/mol. The van der Waals surface area contributed by atoms with Crippen LogP contribution in [0.25, 0.3) is 0 Å². The number of ether oxygens (including phenoxy) is 5. The summed E-state index contributed by atoms with van der Waals surface area (Å²) in [6.07, 6.45) is -1.81.